The van der Waals surface area contributed by atoms with E-state index in [1.165, 1.54) is 0 Å². The monoisotopic (exact) mass is 704 g/mol. The van der Waals surface area contributed by atoms with E-state index in [4.69, 9.17) is 24.0 Å². The average molecular weight is 705 g/mol. The van der Waals surface area contributed by atoms with Gasteiger partial charge in [-0.05, 0) is 84.9 Å². The molecule has 9 aromatic rings. The molecule has 5 heterocycles. The molecule has 0 aliphatic carbocycles. The fourth-order valence-electron chi connectivity index (χ4n) is 7.38. The van der Waals surface area contributed by atoms with E-state index in [-0.39, 0.29) is 5.37 Å². The van der Waals surface area contributed by atoms with Crippen LogP contribution in [-0.2, 0) is 0 Å². The Morgan fingerprint density at radius 3 is 1.68 bits per heavy atom. The molecule has 3 aromatic heterocycles. The summed E-state index contributed by atoms with van der Waals surface area (Å²) in [5, 5.41) is 18.3. The van der Waals surface area contributed by atoms with Crippen LogP contribution in [0.4, 0.5) is 28.6 Å². The number of fused-ring (bicyclic) bond motifs is 9. The topological polar surface area (TPSA) is 82.4 Å². The molecule has 6 aromatic carbocycles. The van der Waals surface area contributed by atoms with Crippen molar-refractivity contribution in [1.82, 2.24) is 10.3 Å². The van der Waals surface area contributed by atoms with Gasteiger partial charge in [-0.2, -0.15) is 0 Å². The van der Waals surface area contributed by atoms with Crippen molar-refractivity contribution in [1.29, 1.82) is 0 Å². The van der Waals surface area contributed by atoms with Crippen molar-refractivity contribution in [3.8, 4) is 0 Å². The SMILES string of the molecule is c1ccc(N(C2=NN=C3c4ccc(N(c5ccccc5)c5ccc6oc7ccccc7c6c5)nc4SC3N2)c2ccc3oc4ccccc4c3c2)cc1. The van der Waals surface area contributed by atoms with E-state index in [0.717, 1.165) is 88.7 Å². The van der Waals surface area contributed by atoms with E-state index in [0.29, 0.717) is 5.96 Å². The van der Waals surface area contributed by atoms with E-state index < -0.39 is 0 Å². The minimum atomic E-state index is -0.177. The van der Waals surface area contributed by atoms with Crippen molar-refractivity contribution in [2.45, 2.75) is 10.4 Å². The van der Waals surface area contributed by atoms with E-state index in [9.17, 15) is 0 Å². The predicted octanol–water partition coefficient (Wildman–Crippen LogP) is 11.3. The molecule has 0 amide bonds. The lowest BCUT2D eigenvalue weighted by atomic mass is 10.1. The van der Waals surface area contributed by atoms with Crippen molar-refractivity contribution in [3.05, 3.63) is 163 Å². The van der Waals surface area contributed by atoms with Crippen LogP contribution in [0.25, 0.3) is 43.9 Å². The van der Waals surface area contributed by atoms with Crippen LogP contribution in [0.2, 0.25) is 0 Å². The molecule has 1 N–H and O–H groups in total. The molecule has 2 aliphatic rings. The van der Waals surface area contributed by atoms with E-state index in [1.54, 1.807) is 11.8 Å². The van der Waals surface area contributed by atoms with Crippen LogP contribution in [0.5, 0.6) is 0 Å². The van der Waals surface area contributed by atoms with Crippen LogP contribution >= 0.6 is 11.8 Å². The van der Waals surface area contributed by atoms with Gasteiger partial charge in [-0.1, -0.05) is 84.6 Å². The summed E-state index contributed by atoms with van der Waals surface area (Å²) in [7, 11) is 0. The maximum Gasteiger partial charge on any atom is 0.229 e. The molecule has 9 heteroatoms. The van der Waals surface area contributed by atoms with Gasteiger partial charge in [-0.15, -0.1) is 10.2 Å². The molecule has 8 nitrogen and oxygen atoms in total. The summed E-state index contributed by atoms with van der Waals surface area (Å²) in [5.41, 5.74) is 9.17. The number of benzene rings is 6. The molecule has 1 unspecified atom stereocenters. The van der Waals surface area contributed by atoms with Crippen molar-refractivity contribution in [3.63, 3.8) is 0 Å². The number of thioether (sulfide) groups is 1. The molecule has 0 saturated carbocycles. The quantitative estimate of drug-likeness (QED) is 0.191. The Kier molecular flexibility index (Phi) is 6.68. The first-order valence-corrected chi connectivity index (χ1v) is 18.3. The van der Waals surface area contributed by atoms with Crippen LogP contribution in [0.1, 0.15) is 5.56 Å². The van der Waals surface area contributed by atoms with Gasteiger partial charge in [-0.25, -0.2) is 4.98 Å². The first kappa shape index (κ1) is 29.8. The normalized spacial score (nSPS) is 14.9. The first-order valence-electron chi connectivity index (χ1n) is 17.4. The molecule has 53 heavy (non-hydrogen) atoms. The lowest BCUT2D eigenvalue weighted by molar-refractivity contribution is 0.668. The third-order valence-electron chi connectivity index (χ3n) is 9.82. The minimum absolute atomic E-state index is 0.177. The van der Waals surface area contributed by atoms with Crippen LogP contribution in [0.3, 0.4) is 0 Å². The predicted molar refractivity (Wildman–Crippen MR) is 215 cm³/mol. The van der Waals surface area contributed by atoms with E-state index >= 15 is 0 Å². The number of anilines is 5. The largest absolute Gasteiger partial charge is 0.456 e. The maximum atomic E-state index is 6.15. The Labute approximate surface area is 307 Å². The molecule has 0 radical (unpaired) electrons. The van der Waals surface area contributed by atoms with Gasteiger partial charge < -0.3 is 14.2 Å². The molecule has 0 fully saturated rings. The van der Waals surface area contributed by atoms with Gasteiger partial charge in [0, 0.05) is 49.9 Å². The molecule has 11 rings (SSSR count). The number of hydrogen-bond acceptors (Lipinski definition) is 9. The van der Waals surface area contributed by atoms with E-state index in [2.05, 4.69) is 87.9 Å². The van der Waals surface area contributed by atoms with Crippen LogP contribution in [0.15, 0.2) is 182 Å². The first-order chi connectivity index (χ1) is 26.2. The number of aromatic nitrogens is 1. The molecular weight excluding hydrogens is 677 g/mol. The van der Waals surface area contributed by atoms with Crippen molar-refractivity contribution in [2.24, 2.45) is 10.2 Å². The summed E-state index contributed by atoms with van der Waals surface area (Å²) in [5.74, 6) is 1.44. The van der Waals surface area contributed by atoms with Gasteiger partial charge >= 0.3 is 0 Å². The second kappa shape index (κ2) is 11.9. The summed E-state index contributed by atoms with van der Waals surface area (Å²) >= 11 is 1.65. The Morgan fingerprint density at radius 2 is 1.04 bits per heavy atom. The summed E-state index contributed by atoms with van der Waals surface area (Å²) in [6, 6.07) is 53.6. The van der Waals surface area contributed by atoms with Gasteiger partial charge in [0.2, 0.25) is 5.96 Å². The highest BCUT2D eigenvalue weighted by molar-refractivity contribution is 8.01. The molecule has 252 valence electrons. The molecule has 2 aliphatic heterocycles. The summed E-state index contributed by atoms with van der Waals surface area (Å²) in [6.45, 7) is 0. The molecule has 0 saturated heterocycles. The molecular formula is C44H28N6O2S. The second-order valence-electron chi connectivity index (χ2n) is 13.0. The highest BCUT2D eigenvalue weighted by Gasteiger charge is 2.36. The number of rotatable bonds is 5. The third-order valence-corrected chi connectivity index (χ3v) is 10.9. The smallest absolute Gasteiger partial charge is 0.229 e. The molecule has 0 spiro atoms. The van der Waals surface area contributed by atoms with Crippen molar-refractivity contribution in [2.75, 3.05) is 9.80 Å². The standard InChI is InChI=1S/C44H28N6O2S/c1-3-11-27(12-4-1)49(29-19-22-38-34(25-29)31-15-7-9-17-36(31)51-38)40-24-21-33-41-43(53-42(33)45-40)46-44(48-47-41)50(28-13-5-2-6-14-28)30-20-23-39-35(26-30)32-16-8-10-18-37(32)52-39/h1-26,43H,(H,46,48). The zero-order valence-electron chi connectivity index (χ0n) is 28.0. The number of para-hydroxylation sites is 4. The fraction of sp³-hybridized carbons (Fsp3) is 0.0227. The van der Waals surface area contributed by atoms with Crippen molar-refractivity contribution < 1.29 is 8.83 Å². The summed E-state index contributed by atoms with van der Waals surface area (Å²) in [6.07, 6.45) is 0. The highest BCUT2D eigenvalue weighted by Crippen LogP contribution is 2.43. The zero-order valence-corrected chi connectivity index (χ0v) is 28.9. The Bertz CT molecular complexity index is 2940. The van der Waals surface area contributed by atoms with Gasteiger partial charge in [0.05, 0.1) is 0 Å². The van der Waals surface area contributed by atoms with Crippen molar-refractivity contribution >= 4 is 95.9 Å². The zero-order chi connectivity index (χ0) is 34.9. The third kappa shape index (κ3) is 4.89. The van der Waals surface area contributed by atoms with E-state index in [1.807, 2.05) is 84.9 Å². The molecule has 0 bridgehead atoms. The average Bonchev–Trinajstić information content (AvgIpc) is 3.89. The summed E-state index contributed by atoms with van der Waals surface area (Å²) in [4.78, 5) is 9.57. The van der Waals surface area contributed by atoms with Gasteiger partial charge in [-0.3, -0.25) is 9.80 Å². The Hall–Kier alpha value is -6.84. The molecule has 1 atom stereocenters. The fourth-order valence-corrected chi connectivity index (χ4v) is 8.50. The minimum Gasteiger partial charge on any atom is -0.456 e. The van der Waals surface area contributed by atoms with Gasteiger partial charge in [0.15, 0.2) is 0 Å². The number of nitrogens with one attached hydrogen (secondary N) is 1. The lowest BCUT2D eigenvalue weighted by Crippen LogP contribution is -2.47. The maximum absolute atomic E-state index is 6.15. The Balaban J connectivity index is 0.969. The summed E-state index contributed by atoms with van der Waals surface area (Å²) < 4.78 is 12.3. The number of nitrogens with zero attached hydrogens (tertiary/aromatic N) is 5. The number of guanidine groups is 1. The lowest BCUT2D eigenvalue weighted by Gasteiger charge is -2.29. The van der Waals surface area contributed by atoms with Crippen LogP contribution in [-0.4, -0.2) is 22.0 Å². The van der Waals surface area contributed by atoms with Crippen LogP contribution in [0, 0.1) is 0 Å². The van der Waals surface area contributed by atoms with Gasteiger partial charge in [0.25, 0.3) is 0 Å². The number of hydrogen-bond donors (Lipinski definition) is 1. The number of furan rings is 2. The Morgan fingerprint density at radius 1 is 0.491 bits per heavy atom. The second-order valence-corrected chi connectivity index (χ2v) is 14.1. The number of pyridine rings is 1. The van der Waals surface area contributed by atoms with Gasteiger partial charge in [0.1, 0.15) is 44.3 Å². The highest BCUT2D eigenvalue weighted by atomic mass is 32.2. The van der Waals surface area contributed by atoms with Crippen LogP contribution < -0.4 is 15.1 Å².